The van der Waals surface area contributed by atoms with Gasteiger partial charge in [0.05, 0.1) is 17.8 Å². The maximum absolute atomic E-state index is 13.4. The van der Waals surface area contributed by atoms with Crippen LogP contribution in [0, 0.1) is 17.8 Å². The Kier molecular flexibility index (Phi) is 6.77. The molecule has 0 N–H and O–H groups in total. The lowest BCUT2D eigenvalue weighted by molar-refractivity contribution is 0.498. The highest BCUT2D eigenvalue weighted by molar-refractivity contribution is 5.90. The fourth-order valence-corrected chi connectivity index (χ4v) is 4.98. The van der Waals surface area contributed by atoms with E-state index in [4.69, 9.17) is 5.10 Å². The van der Waals surface area contributed by atoms with E-state index < -0.39 is 0 Å². The molecule has 0 atom stereocenters. The van der Waals surface area contributed by atoms with Gasteiger partial charge in [-0.3, -0.25) is 23.6 Å². The minimum atomic E-state index is -0.375. The van der Waals surface area contributed by atoms with E-state index in [1.54, 1.807) is 26.3 Å². The third-order valence-corrected chi connectivity index (χ3v) is 6.87. The van der Waals surface area contributed by atoms with Gasteiger partial charge in [-0.2, -0.15) is 5.10 Å². The third-order valence-electron chi connectivity index (χ3n) is 6.87. The molecule has 0 bridgehead atoms. The Morgan fingerprint density at radius 3 is 2.56 bits per heavy atom. The van der Waals surface area contributed by atoms with E-state index in [1.807, 2.05) is 74.5 Å². The highest BCUT2D eigenvalue weighted by Gasteiger charge is 2.22. The Bertz CT molecular complexity index is 2070. The molecule has 0 spiro atoms. The monoisotopic (exact) mass is 544 g/mol. The molecule has 0 saturated heterocycles. The summed E-state index contributed by atoms with van der Waals surface area (Å²) in [4.78, 5) is 30.7. The summed E-state index contributed by atoms with van der Waals surface area (Å²) in [6.07, 6.45) is 3.36. The molecular formula is C31H28N8O2. The second-order valence-corrected chi connectivity index (χ2v) is 10.3. The van der Waals surface area contributed by atoms with Crippen LogP contribution >= 0.6 is 0 Å². The molecule has 6 rings (SSSR count). The van der Waals surface area contributed by atoms with E-state index in [0.29, 0.717) is 36.4 Å². The Morgan fingerprint density at radius 1 is 0.951 bits per heavy atom. The van der Waals surface area contributed by atoms with Crippen LogP contribution in [0.25, 0.3) is 33.3 Å². The lowest BCUT2D eigenvalue weighted by Crippen LogP contribution is -2.38. The number of pyridine rings is 1. The molecule has 0 radical (unpaired) electrons. The van der Waals surface area contributed by atoms with E-state index in [-0.39, 0.29) is 17.2 Å². The summed E-state index contributed by atoms with van der Waals surface area (Å²) in [7, 11) is 1.51. The van der Waals surface area contributed by atoms with Crippen LogP contribution in [-0.4, -0.2) is 38.9 Å². The number of aromatic nitrogens is 8. The summed E-state index contributed by atoms with van der Waals surface area (Å²) >= 11 is 0. The SMILES string of the molecule is CC(C)Cn1c(=O)n(C)c(=O)c2c(-c3ccncc3)n(Cc3cccc(C#CCn4nnc5ccccc54)c3)nc21. The zero-order chi connectivity index (χ0) is 28.5. The number of rotatable bonds is 6. The van der Waals surface area contributed by atoms with E-state index in [9.17, 15) is 9.59 Å². The van der Waals surface area contributed by atoms with Crippen LogP contribution in [0.2, 0.25) is 0 Å². The van der Waals surface area contributed by atoms with Gasteiger partial charge < -0.3 is 0 Å². The molecule has 6 aromatic rings. The fourth-order valence-electron chi connectivity index (χ4n) is 4.98. The fraction of sp³-hybridized carbons (Fsp3) is 0.226. The predicted octanol–water partition coefficient (Wildman–Crippen LogP) is 3.46. The number of benzene rings is 2. The number of nitrogens with zero attached hydrogens (tertiary/aromatic N) is 8. The Morgan fingerprint density at radius 2 is 1.76 bits per heavy atom. The predicted molar refractivity (Wildman–Crippen MR) is 157 cm³/mol. The van der Waals surface area contributed by atoms with Gasteiger partial charge in [-0.15, -0.1) is 5.10 Å². The first-order chi connectivity index (χ1) is 19.9. The minimum Gasteiger partial charge on any atom is -0.276 e. The molecule has 0 fully saturated rings. The average molecular weight is 545 g/mol. The summed E-state index contributed by atoms with van der Waals surface area (Å²) in [5, 5.41) is 13.6. The summed E-state index contributed by atoms with van der Waals surface area (Å²) in [6, 6.07) is 19.4. The Balaban J connectivity index is 1.40. The third kappa shape index (κ3) is 4.94. The summed E-state index contributed by atoms with van der Waals surface area (Å²) in [6.45, 7) is 5.30. The molecule has 0 aliphatic carbocycles. The van der Waals surface area contributed by atoms with Crippen LogP contribution in [0.5, 0.6) is 0 Å². The lowest BCUT2D eigenvalue weighted by atomic mass is 10.1. The lowest BCUT2D eigenvalue weighted by Gasteiger charge is -2.11. The van der Waals surface area contributed by atoms with Crippen LogP contribution in [0.1, 0.15) is 25.0 Å². The molecule has 0 unspecified atom stereocenters. The number of hydrogen-bond acceptors (Lipinski definition) is 6. The molecule has 0 aliphatic heterocycles. The smallest absolute Gasteiger partial charge is 0.276 e. The highest BCUT2D eigenvalue weighted by Crippen LogP contribution is 2.27. The molecule has 0 saturated carbocycles. The second kappa shape index (κ2) is 10.7. The van der Waals surface area contributed by atoms with Gasteiger partial charge in [0.1, 0.15) is 17.4 Å². The molecule has 41 heavy (non-hydrogen) atoms. The highest BCUT2D eigenvalue weighted by atomic mass is 16.2. The summed E-state index contributed by atoms with van der Waals surface area (Å²) in [5.74, 6) is 6.61. The second-order valence-electron chi connectivity index (χ2n) is 10.3. The Labute approximate surface area is 235 Å². The van der Waals surface area contributed by atoms with Crippen LogP contribution in [0.3, 0.4) is 0 Å². The zero-order valence-corrected chi connectivity index (χ0v) is 23.0. The van der Waals surface area contributed by atoms with Crippen molar-refractivity contribution in [3.8, 4) is 23.1 Å². The molecular weight excluding hydrogens is 516 g/mol. The molecule has 10 heteroatoms. The van der Waals surface area contributed by atoms with Crippen molar-refractivity contribution in [1.29, 1.82) is 0 Å². The van der Waals surface area contributed by atoms with Gasteiger partial charge in [-0.25, -0.2) is 9.48 Å². The first kappa shape index (κ1) is 26.0. The van der Waals surface area contributed by atoms with Crippen LogP contribution in [0.4, 0.5) is 0 Å². The standard InChI is InChI=1S/C31H28N8O2/c1-21(2)19-37-29-27(30(40)36(3)31(37)41)28(24-13-15-32-16-14-24)39(34-29)20-23-9-6-8-22(18-23)10-7-17-38-26-12-5-4-11-25(26)33-35-38/h4-6,8-9,11-16,18,21H,17,19-20H2,1-3H3. The number of hydrogen-bond donors (Lipinski definition) is 0. The largest absolute Gasteiger partial charge is 0.332 e. The van der Waals surface area contributed by atoms with Gasteiger partial charge in [0, 0.05) is 37.1 Å². The normalized spacial score (nSPS) is 11.3. The molecule has 4 aromatic heterocycles. The van der Waals surface area contributed by atoms with Crippen molar-refractivity contribution in [3.63, 3.8) is 0 Å². The van der Waals surface area contributed by atoms with Gasteiger partial charge in [0.15, 0.2) is 5.65 Å². The first-order valence-electron chi connectivity index (χ1n) is 13.4. The number of fused-ring (bicyclic) bond motifs is 2. The van der Waals surface area contributed by atoms with Gasteiger partial charge in [-0.1, -0.05) is 55.2 Å². The van der Waals surface area contributed by atoms with E-state index in [1.165, 1.54) is 7.05 Å². The van der Waals surface area contributed by atoms with E-state index >= 15 is 0 Å². The van der Waals surface area contributed by atoms with Gasteiger partial charge in [0.25, 0.3) is 5.56 Å². The molecule has 204 valence electrons. The topological polar surface area (TPSA) is 105 Å². The van der Waals surface area contributed by atoms with Crippen molar-refractivity contribution in [2.75, 3.05) is 0 Å². The Hall–Kier alpha value is -5.30. The summed E-state index contributed by atoms with van der Waals surface area (Å²) in [5.41, 5.74) is 4.66. The van der Waals surface area contributed by atoms with Crippen LogP contribution in [-0.2, 0) is 26.7 Å². The van der Waals surface area contributed by atoms with Crippen molar-refractivity contribution in [3.05, 3.63) is 105 Å². The zero-order valence-electron chi connectivity index (χ0n) is 23.0. The molecule has 0 amide bonds. The van der Waals surface area contributed by atoms with Crippen molar-refractivity contribution in [1.82, 2.24) is 38.9 Å². The first-order valence-corrected chi connectivity index (χ1v) is 13.4. The van der Waals surface area contributed by atoms with Gasteiger partial charge >= 0.3 is 5.69 Å². The van der Waals surface area contributed by atoms with Crippen LogP contribution < -0.4 is 11.2 Å². The maximum atomic E-state index is 13.4. The van der Waals surface area contributed by atoms with Gasteiger partial charge in [0.2, 0.25) is 0 Å². The quantitative estimate of drug-likeness (QED) is 0.298. The average Bonchev–Trinajstić information content (AvgIpc) is 3.56. The van der Waals surface area contributed by atoms with E-state index in [2.05, 4.69) is 27.1 Å². The molecule has 2 aromatic carbocycles. The molecule has 10 nitrogen and oxygen atoms in total. The molecule has 4 heterocycles. The van der Waals surface area contributed by atoms with Crippen molar-refractivity contribution >= 4 is 22.1 Å². The number of para-hydroxylation sites is 1. The van der Waals surface area contributed by atoms with Crippen molar-refractivity contribution in [2.45, 2.75) is 33.5 Å². The van der Waals surface area contributed by atoms with Crippen LogP contribution in [0.15, 0.2) is 82.6 Å². The van der Waals surface area contributed by atoms with Crippen molar-refractivity contribution in [2.24, 2.45) is 13.0 Å². The van der Waals surface area contributed by atoms with E-state index in [0.717, 1.165) is 32.3 Å². The maximum Gasteiger partial charge on any atom is 0.332 e. The minimum absolute atomic E-state index is 0.189. The summed E-state index contributed by atoms with van der Waals surface area (Å²) < 4.78 is 6.33. The van der Waals surface area contributed by atoms with Crippen molar-refractivity contribution < 1.29 is 0 Å². The molecule has 0 aliphatic rings. The van der Waals surface area contributed by atoms with Gasteiger partial charge in [-0.05, 0) is 47.9 Å².